The Hall–Kier alpha value is -2.61. The van der Waals surface area contributed by atoms with Crippen LogP contribution >= 0.6 is 0 Å². The van der Waals surface area contributed by atoms with E-state index in [1.165, 1.54) is 19.2 Å². The van der Waals surface area contributed by atoms with Gasteiger partial charge in [-0.05, 0) is 42.8 Å². The summed E-state index contributed by atoms with van der Waals surface area (Å²) in [5, 5.41) is 9.70. The Bertz CT molecular complexity index is 896. The zero-order chi connectivity index (χ0) is 19.5. The topological polar surface area (TPSA) is 83.9 Å². The van der Waals surface area contributed by atoms with Crippen molar-refractivity contribution in [2.24, 2.45) is 0 Å². The van der Waals surface area contributed by atoms with Crippen molar-refractivity contribution in [3.8, 4) is 5.75 Å². The fourth-order valence-corrected chi connectivity index (χ4v) is 3.87. The van der Waals surface area contributed by atoms with Gasteiger partial charge in [-0.3, -0.25) is 4.31 Å². The Morgan fingerprint density at radius 1 is 1.23 bits per heavy atom. The minimum absolute atomic E-state index is 0.0768. The number of ether oxygens (including phenoxy) is 1. The number of nitrogens with zero attached hydrogens (tertiary/aromatic N) is 1. The standard InChI is InChI=1S/C18H20FNO5S/c1-12-4-9-17(25-2)13(10-12)11-16(18(21)22)20(26(3,23)24)15-7-5-14(19)6-8-15/h4-10,16H,11H2,1-3H3,(H,21,22)/t16-/m1/s1. The highest BCUT2D eigenvalue weighted by atomic mass is 32.2. The van der Waals surface area contributed by atoms with Crippen molar-refractivity contribution in [3.63, 3.8) is 0 Å². The summed E-state index contributed by atoms with van der Waals surface area (Å²) in [4.78, 5) is 11.9. The largest absolute Gasteiger partial charge is 0.496 e. The average Bonchev–Trinajstić information content (AvgIpc) is 2.55. The number of rotatable bonds is 7. The fraction of sp³-hybridized carbons (Fsp3) is 0.278. The molecule has 0 heterocycles. The molecule has 0 aliphatic rings. The molecule has 8 heteroatoms. The Morgan fingerprint density at radius 2 is 1.85 bits per heavy atom. The van der Waals surface area contributed by atoms with Gasteiger partial charge in [0.15, 0.2) is 0 Å². The van der Waals surface area contributed by atoms with Crippen LogP contribution in [0.2, 0.25) is 0 Å². The Balaban J connectivity index is 2.53. The normalized spacial score (nSPS) is 12.5. The molecule has 0 unspecified atom stereocenters. The molecule has 2 rings (SSSR count). The maximum Gasteiger partial charge on any atom is 0.327 e. The van der Waals surface area contributed by atoms with Crippen molar-refractivity contribution >= 4 is 21.7 Å². The summed E-state index contributed by atoms with van der Waals surface area (Å²) in [5.74, 6) is -1.40. The summed E-state index contributed by atoms with van der Waals surface area (Å²) in [5.41, 5.74) is 1.53. The smallest absolute Gasteiger partial charge is 0.327 e. The van der Waals surface area contributed by atoms with Crippen LogP contribution in [-0.4, -0.2) is 38.9 Å². The number of sulfonamides is 1. The van der Waals surface area contributed by atoms with Crippen LogP contribution in [0.1, 0.15) is 11.1 Å². The van der Waals surface area contributed by atoms with Crippen molar-refractivity contribution in [2.45, 2.75) is 19.4 Å². The molecule has 0 saturated heterocycles. The first-order valence-electron chi connectivity index (χ1n) is 7.74. The first-order valence-corrected chi connectivity index (χ1v) is 9.59. The van der Waals surface area contributed by atoms with Gasteiger partial charge in [0.05, 0.1) is 19.1 Å². The highest BCUT2D eigenvalue weighted by molar-refractivity contribution is 7.92. The number of aliphatic carboxylic acids is 1. The number of halogens is 1. The van der Waals surface area contributed by atoms with Crippen LogP contribution in [0.25, 0.3) is 0 Å². The highest BCUT2D eigenvalue weighted by Gasteiger charge is 2.33. The quantitative estimate of drug-likeness (QED) is 0.797. The van der Waals surface area contributed by atoms with Crippen LogP contribution in [0.15, 0.2) is 42.5 Å². The Kier molecular flexibility index (Phi) is 5.86. The molecule has 0 aliphatic carbocycles. The second kappa shape index (κ2) is 7.74. The molecule has 0 fully saturated rings. The van der Waals surface area contributed by atoms with Crippen LogP contribution in [-0.2, 0) is 21.2 Å². The predicted molar refractivity (Wildman–Crippen MR) is 96.6 cm³/mol. The van der Waals surface area contributed by atoms with Gasteiger partial charge in [-0.15, -0.1) is 0 Å². The summed E-state index contributed by atoms with van der Waals surface area (Å²) in [6.45, 7) is 1.84. The Morgan fingerprint density at radius 3 is 2.35 bits per heavy atom. The van der Waals surface area contributed by atoms with E-state index in [0.717, 1.165) is 28.3 Å². The van der Waals surface area contributed by atoms with Gasteiger partial charge in [0.2, 0.25) is 10.0 Å². The molecule has 0 bridgehead atoms. The number of anilines is 1. The van der Waals surface area contributed by atoms with Crippen molar-refractivity contribution in [1.29, 1.82) is 0 Å². The number of methoxy groups -OCH3 is 1. The van der Waals surface area contributed by atoms with Gasteiger partial charge in [-0.25, -0.2) is 17.6 Å². The molecule has 6 nitrogen and oxygen atoms in total. The van der Waals surface area contributed by atoms with Crippen LogP contribution in [0.3, 0.4) is 0 Å². The Labute approximate surface area is 151 Å². The first kappa shape index (κ1) is 19.7. The van der Waals surface area contributed by atoms with Gasteiger partial charge < -0.3 is 9.84 Å². The number of benzene rings is 2. The second-order valence-electron chi connectivity index (χ2n) is 5.91. The van der Waals surface area contributed by atoms with Crippen LogP contribution < -0.4 is 9.04 Å². The molecule has 0 aliphatic heterocycles. The lowest BCUT2D eigenvalue weighted by atomic mass is 10.0. The molecule has 0 aromatic heterocycles. The first-order chi connectivity index (χ1) is 12.1. The molecule has 2 aromatic carbocycles. The number of hydrogen-bond donors (Lipinski definition) is 1. The summed E-state index contributed by atoms with van der Waals surface area (Å²) in [7, 11) is -2.48. The molecule has 1 atom stereocenters. The number of carboxylic acid groups (broad SMARTS) is 1. The van der Waals surface area contributed by atoms with E-state index in [2.05, 4.69) is 0 Å². The third-order valence-electron chi connectivity index (χ3n) is 3.86. The number of aryl methyl sites for hydroxylation is 1. The van der Waals surface area contributed by atoms with Crippen molar-refractivity contribution in [1.82, 2.24) is 0 Å². The zero-order valence-corrected chi connectivity index (χ0v) is 15.5. The number of hydrogen-bond acceptors (Lipinski definition) is 4. The molecule has 0 radical (unpaired) electrons. The molecular weight excluding hydrogens is 361 g/mol. The fourth-order valence-electron chi connectivity index (χ4n) is 2.74. The van der Waals surface area contributed by atoms with Gasteiger partial charge in [0.1, 0.15) is 17.6 Å². The lowest BCUT2D eigenvalue weighted by Gasteiger charge is -2.29. The second-order valence-corrected chi connectivity index (χ2v) is 7.77. The van der Waals surface area contributed by atoms with Gasteiger partial charge in [0, 0.05) is 6.42 Å². The monoisotopic (exact) mass is 381 g/mol. The number of carboxylic acids is 1. The van der Waals surface area contributed by atoms with E-state index < -0.39 is 27.9 Å². The molecule has 2 aromatic rings. The van der Waals surface area contributed by atoms with Crippen molar-refractivity contribution < 1.29 is 27.4 Å². The van der Waals surface area contributed by atoms with E-state index >= 15 is 0 Å². The van der Waals surface area contributed by atoms with Crippen LogP contribution in [0.4, 0.5) is 10.1 Å². The van der Waals surface area contributed by atoms with Gasteiger partial charge >= 0.3 is 5.97 Å². The summed E-state index contributed by atoms with van der Waals surface area (Å²) >= 11 is 0. The molecule has 0 spiro atoms. The van der Waals surface area contributed by atoms with E-state index in [-0.39, 0.29) is 12.1 Å². The maximum absolute atomic E-state index is 13.2. The minimum atomic E-state index is -3.94. The van der Waals surface area contributed by atoms with E-state index in [0.29, 0.717) is 11.3 Å². The third-order valence-corrected chi connectivity index (χ3v) is 5.04. The zero-order valence-electron chi connectivity index (χ0n) is 14.6. The predicted octanol–water partition coefficient (Wildman–Crippen LogP) is 2.60. The highest BCUT2D eigenvalue weighted by Crippen LogP contribution is 2.27. The third kappa shape index (κ3) is 4.51. The SMILES string of the molecule is COc1ccc(C)cc1C[C@H](C(=O)O)N(c1ccc(F)cc1)S(C)(=O)=O. The van der Waals surface area contributed by atoms with E-state index in [4.69, 9.17) is 4.74 Å². The van der Waals surface area contributed by atoms with Crippen molar-refractivity contribution in [2.75, 3.05) is 17.7 Å². The van der Waals surface area contributed by atoms with E-state index in [1.807, 2.05) is 13.0 Å². The summed E-state index contributed by atoms with van der Waals surface area (Å²) in [6, 6.07) is 8.49. The minimum Gasteiger partial charge on any atom is -0.496 e. The maximum atomic E-state index is 13.2. The molecule has 0 saturated carbocycles. The average molecular weight is 381 g/mol. The van der Waals surface area contributed by atoms with Gasteiger partial charge in [-0.2, -0.15) is 0 Å². The van der Waals surface area contributed by atoms with Gasteiger partial charge in [-0.1, -0.05) is 17.7 Å². The molecule has 0 amide bonds. The lowest BCUT2D eigenvalue weighted by molar-refractivity contribution is -0.138. The van der Waals surface area contributed by atoms with E-state index in [9.17, 15) is 22.7 Å². The van der Waals surface area contributed by atoms with E-state index in [1.54, 1.807) is 12.1 Å². The van der Waals surface area contributed by atoms with Gasteiger partial charge in [0.25, 0.3) is 0 Å². The summed E-state index contributed by atoms with van der Waals surface area (Å²) < 4.78 is 43.9. The molecule has 140 valence electrons. The summed E-state index contributed by atoms with van der Waals surface area (Å²) in [6.07, 6.45) is 0.810. The molecule has 1 N–H and O–H groups in total. The molecular formula is C18H20FNO5S. The van der Waals surface area contributed by atoms with Crippen LogP contribution in [0.5, 0.6) is 5.75 Å². The van der Waals surface area contributed by atoms with Crippen molar-refractivity contribution in [3.05, 3.63) is 59.4 Å². The molecule has 26 heavy (non-hydrogen) atoms. The van der Waals surface area contributed by atoms with Crippen LogP contribution in [0, 0.1) is 12.7 Å². The lowest BCUT2D eigenvalue weighted by Crippen LogP contribution is -2.46. The number of carbonyl (C=O) groups is 1.